The normalized spacial score (nSPS) is 10.9. The van der Waals surface area contributed by atoms with Crippen LogP contribution in [0, 0.1) is 0 Å². The molecule has 0 fully saturated rings. The maximum Gasteiger partial charge on any atom is 0.250 e. The lowest BCUT2D eigenvalue weighted by Crippen LogP contribution is -2.39. The van der Waals surface area contributed by atoms with E-state index in [-0.39, 0.29) is 0 Å². The van der Waals surface area contributed by atoms with E-state index in [0.29, 0.717) is 5.75 Å². The Morgan fingerprint density at radius 1 is 0.632 bits per heavy atom. The number of phenols is 1. The van der Waals surface area contributed by atoms with Crippen LogP contribution < -0.4 is 4.43 Å². The van der Waals surface area contributed by atoms with E-state index in [1.807, 2.05) is 24.3 Å². The zero-order valence-corrected chi connectivity index (χ0v) is 31.3. The summed E-state index contributed by atoms with van der Waals surface area (Å²) in [4.78, 5) is 2.38. The number of halogens is 3. The molecule has 0 aromatic heterocycles. The maximum atomic E-state index is 8.74. The van der Waals surface area contributed by atoms with Crippen LogP contribution in [-0.2, 0) is 0 Å². The summed E-state index contributed by atoms with van der Waals surface area (Å²) >= 11 is 12.9. The van der Waals surface area contributed by atoms with Gasteiger partial charge < -0.3 is 14.4 Å². The van der Waals surface area contributed by atoms with Gasteiger partial charge in [0.25, 0.3) is 0 Å². The quantitative estimate of drug-likeness (QED) is 0.186. The van der Waals surface area contributed by atoms with Gasteiger partial charge in [-0.05, 0) is 104 Å². The van der Waals surface area contributed by atoms with Crippen molar-refractivity contribution in [2.24, 2.45) is 0 Å². The molecule has 2 aromatic rings. The SMILES string of the molecule is CCN(CC)CC.CC[Si](CC)(CC)Oc1ccc(Br)cc1.CC[Si](Cl)(CC)CC.Oc1ccc(Br)cc1. The molecular formula is C30H54Br2ClNO2Si2. The average Bonchev–Trinajstić information content (AvgIpc) is 2.96. The molecule has 0 spiro atoms. The lowest BCUT2D eigenvalue weighted by atomic mass is 10.3. The molecule has 2 rings (SSSR count). The molecule has 0 atom stereocenters. The van der Waals surface area contributed by atoms with Gasteiger partial charge in [0.05, 0.1) is 0 Å². The zero-order chi connectivity index (χ0) is 29.6. The molecule has 1 N–H and O–H groups in total. The first-order valence-corrected chi connectivity index (χ1v) is 22.0. The van der Waals surface area contributed by atoms with Crippen LogP contribution in [0.25, 0.3) is 0 Å². The highest BCUT2D eigenvalue weighted by atomic mass is 79.9. The fraction of sp³-hybridized carbons (Fsp3) is 0.600. The summed E-state index contributed by atoms with van der Waals surface area (Å²) in [5, 5.41) is 8.74. The molecule has 0 heterocycles. The highest BCUT2D eigenvalue weighted by Gasteiger charge is 2.30. The fourth-order valence-corrected chi connectivity index (χ4v) is 8.18. The van der Waals surface area contributed by atoms with E-state index in [4.69, 9.17) is 20.6 Å². The molecule has 0 unspecified atom stereocenters. The van der Waals surface area contributed by atoms with Gasteiger partial charge >= 0.3 is 0 Å². The molecule has 0 radical (unpaired) electrons. The van der Waals surface area contributed by atoms with Crippen molar-refractivity contribution in [2.75, 3.05) is 19.6 Å². The van der Waals surface area contributed by atoms with Crippen molar-refractivity contribution in [2.45, 2.75) is 98.6 Å². The van der Waals surface area contributed by atoms with Gasteiger partial charge in [0.2, 0.25) is 8.32 Å². The minimum atomic E-state index is -1.49. The van der Waals surface area contributed by atoms with E-state index in [0.717, 1.165) is 14.7 Å². The van der Waals surface area contributed by atoms with Crippen LogP contribution in [-0.4, -0.2) is 45.3 Å². The first-order chi connectivity index (χ1) is 18.0. The van der Waals surface area contributed by atoms with Crippen molar-refractivity contribution in [1.29, 1.82) is 0 Å². The van der Waals surface area contributed by atoms with Crippen LogP contribution >= 0.6 is 42.9 Å². The van der Waals surface area contributed by atoms with Crippen molar-refractivity contribution in [3.63, 3.8) is 0 Å². The van der Waals surface area contributed by atoms with Gasteiger partial charge in [0.15, 0.2) is 7.38 Å². The predicted octanol–water partition coefficient (Wildman–Crippen LogP) is 11.6. The standard InChI is InChI=1S/C12H19BrOSi.C6H5BrO.C6H15ClSi.C6H15N/c1-4-15(5-2,6-3)14-12-9-7-11(13)8-10-12;7-5-1-3-6(8)4-2-5;1-4-8(7,5-2)6-3;1-4-7(5-2)6-3/h7-10H,4-6H2,1-3H3;1-4,8H;4-6H2,1-3H3;4-6H2,1-3H3. The van der Waals surface area contributed by atoms with Crippen LogP contribution in [0.4, 0.5) is 0 Å². The third-order valence-electron chi connectivity index (χ3n) is 7.15. The minimum absolute atomic E-state index is 0.299. The van der Waals surface area contributed by atoms with Crippen LogP contribution in [0.1, 0.15) is 62.3 Å². The monoisotopic (exact) mass is 709 g/mol. The maximum absolute atomic E-state index is 8.74. The fourth-order valence-electron chi connectivity index (χ4n) is 3.58. The topological polar surface area (TPSA) is 32.7 Å². The van der Waals surface area contributed by atoms with E-state index >= 15 is 0 Å². The highest BCUT2D eigenvalue weighted by Crippen LogP contribution is 2.26. The summed E-state index contributed by atoms with van der Waals surface area (Å²) in [5.74, 6) is 1.32. The molecular weight excluding hydrogens is 658 g/mol. The summed E-state index contributed by atoms with van der Waals surface area (Å²) in [7, 11) is -2.69. The second kappa shape index (κ2) is 23.4. The summed E-state index contributed by atoms with van der Waals surface area (Å²) < 4.78 is 8.31. The Kier molecular flexibility index (Phi) is 24.5. The van der Waals surface area contributed by atoms with Crippen molar-refractivity contribution in [1.82, 2.24) is 4.90 Å². The molecule has 38 heavy (non-hydrogen) atoms. The third-order valence-corrected chi connectivity index (χ3v) is 18.9. The Labute approximate surface area is 258 Å². The Hall–Kier alpha value is -0.316. The molecule has 0 aliphatic carbocycles. The van der Waals surface area contributed by atoms with Gasteiger partial charge in [0, 0.05) is 8.95 Å². The average molecular weight is 712 g/mol. The van der Waals surface area contributed by atoms with E-state index < -0.39 is 15.7 Å². The number of nitrogens with zero attached hydrogens (tertiary/aromatic N) is 1. The Bertz CT molecular complexity index is 756. The molecule has 0 aliphatic heterocycles. The molecule has 0 amide bonds. The second-order valence-corrected chi connectivity index (χ2v) is 22.5. The Balaban J connectivity index is 0. The number of aromatic hydroxyl groups is 1. The Morgan fingerprint density at radius 2 is 0.974 bits per heavy atom. The number of hydrogen-bond donors (Lipinski definition) is 1. The van der Waals surface area contributed by atoms with Gasteiger partial charge in [-0.2, -0.15) is 11.1 Å². The van der Waals surface area contributed by atoms with Crippen LogP contribution in [0.2, 0.25) is 36.3 Å². The van der Waals surface area contributed by atoms with Crippen molar-refractivity contribution in [3.05, 3.63) is 57.5 Å². The van der Waals surface area contributed by atoms with Crippen LogP contribution in [0.3, 0.4) is 0 Å². The van der Waals surface area contributed by atoms with E-state index in [1.165, 1.54) is 55.9 Å². The summed E-state index contributed by atoms with van der Waals surface area (Å²) in [5.41, 5.74) is 0. The molecule has 0 saturated carbocycles. The van der Waals surface area contributed by atoms with Crippen molar-refractivity contribution < 1.29 is 9.53 Å². The molecule has 3 nitrogen and oxygen atoms in total. The van der Waals surface area contributed by atoms with Crippen molar-refractivity contribution >= 4 is 58.6 Å². The van der Waals surface area contributed by atoms with Gasteiger partial charge in [-0.15, -0.1) is 0 Å². The Morgan fingerprint density at radius 3 is 1.18 bits per heavy atom. The highest BCUT2D eigenvalue weighted by molar-refractivity contribution is 9.10. The third kappa shape index (κ3) is 18.1. The molecule has 2 aromatic carbocycles. The van der Waals surface area contributed by atoms with E-state index in [1.54, 1.807) is 24.3 Å². The first kappa shape index (κ1) is 39.8. The number of rotatable bonds is 11. The minimum Gasteiger partial charge on any atom is -0.544 e. The molecule has 220 valence electrons. The predicted molar refractivity (Wildman–Crippen MR) is 184 cm³/mol. The van der Waals surface area contributed by atoms with Gasteiger partial charge in [-0.25, -0.2) is 0 Å². The second-order valence-electron chi connectivity index (χ2n) is 9.11. The lowest BCUT2D eigenvalue weighted by Gasteiger charge is -2.28. The number of benzene rings is 2. The van der Waals surface area contributed by atoms with Gasteiger partial charge in [0.1, 0.15) is 11.5 Å². The molecule has 0 aliphatic rings. The lowest BCUT2D eigenvalue weighted by molar-refractivity contribution is 0.321. The van der Waals surface area contributed by atoms with Crippen molar-refractivity contribution in [3.8, 4) is 11.5 Å². The summed E-state index contributed by atoms with van der Waals surface area (Å²) in [6, 6.07) is 22.2. The van der Waals surface area contributed by atoms with Gasteiger partial charge in [-0.3, -0.25) is 0 Å². The summed E-state index contributed by atoms with van der Waals surface area (Å²) in [6.45, 7) is 23.5. The number of hydrogen-bond acceptors (Lipinski definition) is 3. The van der Waals surface area contributed by atoms with Crippen LogP contribution in [0.15, 0.2) is 57.5 Å². The summed E-state index contributed by atoms with van der Waals surface area (Å²) in [6.07, 6.45) is 0. The van der Waals surface area contributed by atoms with Gasteiger partial charge in [-0.1, -0.05) is 94.2 Å². The first-order valence-electron chi connectivity index (χ1n) is 14.3. The number of phenolic OH excluding ortho intramolecular Hbond substituents is 1. The molecule has 8 heteroatoms. The smallest absolute Gasteiger partial charge is 0.250 e. The molecule has 0 bridgehead atoms. The largest absolute Gasteiger partial charge is 0.544 e. The molecule has 0 saturated heterocycles. The van der Waals surface area contributed by atoms with E-state index in [9.17, 15) is 0 Å². The zero-order valence-electron chi connectivity index (χ0n) is 25.4. The van der Waals surface area contributed by atoms with E-state index in [2.05, 4.69) is 99.1 Å². The van der Waals surface area contributed by atoms with Crippen LogP contribution in [0.5, 0.6) is 11.5 Å².